The van der Waals surface area contributed by atoms with Crippen LogP contribution in [-0.4, -0.2) is 16.0 Å². The summed E-state index contributed by atoms with van der Waals surface area (Å²) in [5.74, 6) is 0.552. The fraction of sp³-hybridized carbons (Fsp3) is 0.0800. The molecule has 31 heavy (non-hydrogen) atoms. The minimum Gasteiger partial charge on any atom is -0.307 e. The highest BCUT2D eigenvalue weighted by molar-refractivity contribution is 6.33. The monoisotopic (exact) mass is 428 g/mol. The molecule has 1 aromatic heterocycles. The summed E-state index contributed by atoms with van der Waals surface area (Å²) >= 11 is 6.44. The van der Waals surface area contributed by atoms with Crippen LogP contribution < -0.4 is 10.6 Å². The molecule has 5 nitrogen and oxygen atoms in total. The molecule has 2 N–H and O–H groups in total. The van der Waals surface area contributed by atoms with Crippen LogP contribution in [0.15, 0.2) is 79.0 Å². The summed E-state index contributed by atoms with van der Waals surface area (Å²) in [7, 11) is 0. The van der Waals surface area contributed by atoms with Crippen LogP contribution in [0.5, 0.6) is 0 Å². The van der Waals surface area contributed by atoms with Crippen molar-refractivity contribution in [1.29, 1.82) is 0 Å². The molecule has 0 saturated heterocycles. The third-order valence-electron chi connectivity index (χ3n) is 4.83. The van der Waals surface area contributed by atoms with E-state index in [2.05, 4.69) is 15.6 Å². The minimum atomic E-state index is -0.378. The predicted molar refractivity (Wildman–Crippen MR) is 126 cm³/mol. The van der Waals surface area contributed by atoms with Gasteiger partial charge < -0.3 is 10.6 Å². The topological polar surface area (TPSA) is 66.9 Å². The molecule has 0 fully saturated rings. The lowest BCUT2D eigenvalue weighted by atomic mass is 10.1. The number of amides is 2. The molecule has 0 atom stereocenters. The van der Waals surface area contributed by atoms with Crippen LogP contribution in [0.3, 0.4) is 0 Å². The summed E-state index contributed by atoms with van der Waals surface area (Å²) in [5, 5.41) is 6.30. The van der Waals surface area contributed by atoms with Crippen molar-refractivity contribution in [3.63, 3.8) is 0 Å². The number of rotatable bonds is 4. The number of benzene rings is 3. The Bertz CT molecular complexity index is 1240. The molecule has 4 aromatic rings. The number of nitrogens with one attached hydrogen (secondary N) is 2. The van der Waals surface area contributed by atoms with E-state index in [4.69, 9.17) is 16.6 Å². The van der Waals surface area contributed by atoms with Gasteiger partial charge in [-0.1, -0.05) is 77.8 Å². The van der Waals surface area contributed by atoms with E-state index >= 15 is 0 Å². The van der Waals surface area contributed by atoms with Crippen molar-refractivity contribution in [2.75, 3.05) is 10.6 Å². The molecule has 0 aliphatic heterocycles. The highest BCUT2D eigenvalue weighted by atomic mass is 35.5. The highest BCUT2D eigenvalue weighted by Crippen LogP contribution is 2.33. The smallest absolute Gasteiger partial charge is 0.307 e. The predicted octanol–water partition coefficient (Wildman–Crippen LogP) is 6.72. The Balaban J connectivity index is 1.69. The van der Waals surface area contributed by atoms with Crippen LogP contribution in [0.2, 0.25) is 5.02 Å². The first-order valence-electron chi connectivity index (χ1n) is 9.84. The van der Waals surface area contributed by atoms with E-state index in [1.165, 1.54) is 0 Å². The Morgan fingerprint density at radius 3 is 2.32 bits per heavy atom. The Morgan fingerprint density at radius 1 is 0.871 bits per heavy atom. The fourth-order valence-electron chi connectivity index (χ4n) is 3.29. The summed E-state index contributed by atoms with van der Waals surface area (Å²) in [4.78, 5) is 21.9. The highest BCUT2D eigenvalue weighted by Gasteiger charge is 2.16. The van der Waals surface area contributed by atoms with Crippen molar-refractivity contribution in [3.8, 4) is 22.6 Å². The van der Waals surface area contributed by atoms with Crippen LogP contribution in [0, 0.1) is 13.8 Å². The molecule has 0 saturated carbocycles. The van der Waals surface area contributed by atoms with Gasteiger partial charge in [0.05, 0.1) is 22.6 Å². The number of aryl methyl sites for hydroxylation is 2. The second-order valence-corrected chi connectivity index (χ2v) is 7.61. The third kappa shape index (κ3) is 4.73. The van der Waals surface area contributed by atoms with E-state index in [0.717, 1.165) is 22.4 Å². The number of carbonyl (C=O) groups excluding carboxylic acids is 1. The van der Waals surface area contributed by atoms with Crippen molar-refractivity contribution in [2.24, 2.45) is 0 Å². The van der Waals surface area contributed by atoms with Crippen LogP contribution in [0.1, 0.15) is 11.1 Å². The molecule has 2 amide bonds. The Morgan fingerprint density at radius 2 is 1.58 bits per heavy atom. The zero-order valence-electron chi connectivity index (χ0n) is 17.2. The van der Waals surface area contributed by atoms with E-state index in [0.29, 0.717) is 27.8 Å². The van der Waals surface area contributed by atoms with E-state index in [-0.39, 0.29) is 6.03 Å². The van der Waals surface area contributed by atoms with Gasteiger partial charge in [-0.2, -0.15) is 0 Å². The first-order chi connectivity index (χ1) is 15.0. The second kappa shape index (κ2) is 8.98. The van der Waals surface area contributed by atoms with Crippen molar-refractivity contribution < 1.29 is 4.79 Å². The van der Waals surface area contributed by atoms with Crippen molar-refractivity contribution in [2.45, 2.75) is 13.8 Å². The zero-order chi connectivity index (χ0) is 21.8. The van der Waals surface area contributed by atoms with Crippen molar-refractivity contribution in [1.82, 2.24) is 9.97 Å². The molecular weight excluding hydrogens is 408 g/mol. The van der Waals surface area contributed by atoms with Crippen LogP contribution >= 0.6 is 11.6 Å². The van der Waals surface area contributed by atoms with Gasteiger partial charge in [0.1, 0.15) is 0 Å². The number of aromatic nitrogens is 2. The SMILES string of the molecule is Cc1ccc(NC(=O)Nc2cnc(-c3ccccc3)nc2-c2ccccc2Cl)c(C)c1. The summed E-state index contributed by atoms with van der Waals surface area (Å²) in [6.07, 6.45) is 1.61. The molecular formula is C25H21ClN4O. The average Bonchev–Trinajstić information content (AvgIpc) is 2.77. The van der Waals surface area contributed by atoms with Gasteiger partial charge in [-0.25, -0.2) is 14.8 Å². The molecule has 1 heterocycles. The Kier molecular flexibility index (Phi) is 5.96. The maximum Gasteiger partial charge on any atom is 0.323 e. The van der Waals surface area contributed by atoms with Crippen molar-refractivity contribution >= 4 is 29.0 Å². The first-order valence-corrected chi connectivity index (χ1v) is 10.2. The molecule has 0 spiro atoms. The van der Waals surface area contributed by atoms with Gasteiger partial charge in [-0.05, 0) is 31.5 Å². The molecule has 0 radical (unpaired) electrons. The molecule has 0 bridgehead atoms. The van der Waals surface area contributed by atoms with Gasteiger partial charge in [0, 0.05) is 16.8 Å². The average molecular weight is 429 g/mol. The maximum absolute atomic E-state index is 12.7. The van der Waals surface area contributed by atoms with Crippen LogP contribution in [-0.2, 0) is 0 Å². The first kappa shape index (κ1) is 20.6. The molecule has 0 unspecified atom stereocenters. The quantitative estimate of drug-likeness (QED) is 0.379. The van der Waals surface area contributed by atoms with Crippen molar-refractivity contribution in [3.05, 3.63) is 95.1 Å². The summed E-state index contributed by atoms with van der Waals surface area (Å²) < 4.78 is 0. The van der Waals surface area contributed by atoms with E-state index in [9.17, 15) is 4.79 Å². The van der Waals surface area contributed by atoms with Gasteiger partial charge in [0.2, 0.25) is 0 Å². The minimum absolute atomic E-state index is 0.378. The van der Waals surface area contributed by atoms with Gasteiger partial charge in [0.25, 0.3) is 0 Å². The summed E-state index contributed by atoms with van der Waals surface area (Å²) in [6.45, 7) is 3.97. The summed E-state index contributed by atoms with van der Waals surface area (Å²) in [5.41, 5.74) is 5.47. The van der Waals surface area contributed by atoms with E-state index in [1.807, 2.05) is 80.6 Å². The van der Waals surface area contributed by atoms with Crippen LogP contribution in [0.4, 0.5) is 16.2 Å². The summed E-state index contributed by atoms with van der Waals surface area (Å²) in [6, 6.07) is 22.5. The molecule has 4 rings (SSSR count). The normalized spacial score (nSPS) is 10.5. The molecule has 154 valence electrons. The number of anilines is 2. The standard InChI is InChI=1S/C25H21ClN4O/c1-16-12-13-21(17(2)14-16)28-25(31)29-22-15-27-24(18-8-4-3-5-9-18)30-23(22)19-10-6-7-11-20(19)26/h3-15H,1-2H3,(H2,28,29,31). The number of nitrogens with zero attached hydrogens (tertiary/aromatic N) is 2. The second-order valence-electron chi connectivity index (χ2n) is 7.20. The zero-order valence-corrected chi connectivity index (χ0v) is 17.9. The molecule has 0 aliphatic rings. The lowest BCUT2D eigenvalue weighted by Gasteiger charge is -2.14. The molecule has 6 heteroatoms. The fourth-order valence-corrected chi connectivity index (χ4v) is 3.51. The van der Waals surface area contributed by atoms with Gasteiger partial charge in [-0.3, -0.25) is 0 Å². The Labute approximate surface area is 186 Å². The molecule has 0 aliphatic carbocycles. The van der Waals surface area contributed by atoms with E-state index < -0.39 is 0 Å². The number of hydrogen-bond acceptors (Lipinski definition) is 3. The van der Waals surface area contributed by atoms with Gasteiger partial charge in [0.15, 0.2) is 5.82 Å². The van der Waals surface area contributed by atoms with Gasteiger partial charge >= 0.3 is 6.03 Å². The molecule has 3 aromatic carbocycles. The lowest BCUT2D eigenvalue weighted by Crippen LogP contribution is -2.21. The van der Waals surface area contributed by atoms with E-state index in [1.54, 1.807) is 12.3 Å². The number of urea groups is 1. The third-order valence-corrected chi connectivity index (χ3v) is 5.16. The number of halogens is 1. The largest absolute Gasteiger partial charge is 0.323 e. The lowest BCUT2D eigenvalue weighted by molar-refractivity contribution is 0.262. The number of carbonyl (C=O) groups is 1. The maximum atomic E-state index is 12.7. The van der Waals surface area contributed by atoms with Crippen LogP contribution in [0.25, 0.3) is 22.6 Å². The number of hydrogen-bond donors (Lipinski definition) is 2. The van der Waals surface area contributed by atoms with Gasteiger partial charge in [-0.15, -0.1) is 0 Å². The Hall–Kier alpha value is -3.70.